The van der Waals surface area contributed by atoms with E-state index in [1.807, 2.05) is 0 Å². The number of rotatable bonds is 5. The molecule has 0 aliphatic rings. The zero-order valence-electron chi connectivity index (χ0n) is 12.2. The van der Waals surface area contributed by atoms with Crippen LogP contribution >= 0.6 is 11.3 Å². The Balaban J connectivity index is 1.70. The highest BCUT2D eigenvalue weighted by Crippen LogP contribution is 2.24. The summed E-state index contributed by atoms with van der Waals surface area (Å²) in [6, 6.07) is 4.97. The van der Waals surface area contributed by atoms with E-state index in [0.29, 0.717) is 10.7 Å². The van der Waals surface area contributed by atoms with Crippen LogP contribution in [0.4, 0.5) is 10.1 Å². The van der Waals surface area contributed by atoms with Gasteiger partial charge in [0.05, 0.1) is 29.6 Å². The van der Waals surface area contributed by atoms with E-state index in [0.717, 1.165) is 23.8 Å². The minimum atomic E-state index is -1.20. The van der Waals surface area contributed by atoms with E-state index in [-0.39, 0.29) is 17.7 Å². The number of carboxylic acids is 1. The fourth-order valence-corrected chi connectivity index (χ4v) is 2.83. The predicted octanol–water partition coefficient (Wildman–Crippen LogP) is 3.42. The highest BCUT2D eigenvalue weighted by atomic mass is 32.1. The number of hydrogen-bond donors (Lipinski definition) is 2. The molecule has 2 heterocycles. The average Bonchev–Trinajstić information content (AvgIpc) is 3.20. The number of carbonyl (C=O) groups excluding carboxylic acids is 1. The van der Waals surface area contributed by atoms with Crippen LogP contribution in [0.1, 0.15) is 16.1 Å². The number of aromatic nitrogens is 1. The Morgan fingerprint density at radius 3 is 2.88 bits per heavy atom. The van der Waals surface area contributed by atoms with Gasteiger partial charge in [-0.1, -0.05) is 0 Å². The normalized spacial score (nSPS) is 10.5. The lowest BCUT2D eigenvalue weighted by Crippen LogP contribution is -2.16. The van der Waals surface area contributed by atoms with E-state index in [1.54, 1.807) is 17.7 Å². The molecule has 0 aliphatic carbocycles. The molecule has 2 aromatic heterocycles. The molecule has 0 spiro atoms. The molecule has 0 bridgehead atoms. The van der Waals surface area contributed by atoms with Crippen LogP contribution in [-0.4, -0.2) is 22.0 Å². The van der Waals surface area contributed by atoms with Crippen molar-refractivity contribution in [2.75, 3.05) is 5.32 Å². The van der Waals surface area contributed by atoms with Crippen LogP contribution in [0.2, 0.25) is 0 Å². The molecule has 0 fully saturated rings. The Morgan fingerprint density at radius 1 is 1.33 bits per heavy atom. The number of aromatic carboxylic acids is 1. The number of nitrogens with zero attached hydrogens (tertiary/aromatic N) is 1. The van der Waals surface area contributed by atoms with Gasteiger partial charge in [-0.3, -0.25) is 4.79 Å². The number of anilines is 1. The lowest BCUT2D eigenvalue weighted by molar-refractivity contribution is -0.115. The van der Waals surface area contributed by atoms with Crippen molar-refractivity contribution in [3.8, 4) is 10.6 Å². The summed E-state index contributed by atoms with van der Waals surface area (Å²) < 4.78 is 18.7. The van der Waals surface area contributed by atoms with Crippen LogP contribution in [0, 0.1) is 5.82 Å². The van der Waals surface area contributed by atoms with Crippen LogP contribution in [0.25, 0.3) is 10.6 Å². The smallest absolute Gasteiger partial charge is 0.335 e. The number of halogens is 1. The van der Waals surface area contributed by atoms with Crippen molar-refractivity contribution < 1.29 is 23.5 Å². The summed E-state index contributed by atoms with van der Waals surface area (Å²) in [6.45, 7) is 0. The molecule has 0 saturated carbocycles. The second kappa shape index (κ2) is 6.63. The molecular weight excluding hydrogens is 335 g/mol. The molecule has 1 amide bonds. The Kier molecular flexibility index (Phi) is 4.39. The van der Waals surface area contributed by atoms with Crippen LogP contribution in [0.5, 0.6) is 0 Å². The molecule has 0 atom stereocenters. The zero-order valence-corrected chi connectivity index (χ0v) is 13.0. The highest BCUT2D eigenvalue weighted by Gasteiger charge is 2.13. The Labute approximate surface area is 139 Å². The average molecular weight is 346 g/mol. The maximum Gasteiger partial charge on any atom is 0.335 e. The molecule has 3 rings (SSSR count). The van der Waals surface area contributed by atoms with Crippen LogP contribution in [0.15, 0.2) is 46.6 Å². The van der Waals surface area contributed by atoms with Crippen molar-refractivity contribution in [1.82, 2.24) is 4.98 Å². The molecule has 0 aliphatic heterocycles. The molecule has 0 radical (unpaired) electrons. The highest BCUT2D eigenvalue weighted by molar-refractivity contribution is 7.13. The summed E-state index contributed by atoms with van der Waals surface area (Å²) in [7, 11) is 0. The molecule has 3 aromatic rings. The summed E-state index contributed by atoms with van der Waals surface area (Å²) in [5, 5.41) is 13.7. The lowest BCUT2D eigenvalue weighted by Gasteiger charge is -2.06. The fourth-order valence-electron chi connectivity index (χ4n) is 2.02. The van der Waals surface area contributed by atoms with Gasteiger partial charge in [0.2, 0.25) is 5.91 Å². The van der Waals surface area contributed by atoms with Gasteiger partial charge in [-0.05, 0) is 24.3 Å². The first-order chi connectivity index (χ1) is 11.5. The summed E-state index contributed by atoms with van der Waals surface area (Å²) in [5.41, 5.74) is 1.06. The van der Waals surface area contributed by atoms with E-state index in [9.17, 15) is 14.0 Å². The van der Waals surface area contributed by atoms with Gasteiger partial charge in [0.1, 0.15) is 17.1 Å². The Hall–Kier alpha value is -3.00. The van der Waals surface area contributed by atoms with Gasteiger partial charge in [-0.25, -0.2) is 14.2 Å². The molecule has 6 nitrogen and oxygen atoms in total. The standard InChI is InChI=1S/C16H11FN2O4S/c17-12-2-1-9(16(21)22)5-13(12)19-14(20)6-11-8-24-15(18-11)10-3-4-23-7-10/h1-5,7-8H,6H2,(H,19,20)(H,21,22). The number of carboxylic acid groups (broad SMARTS) is 1. The van der Waals surface area contributed by atoms with Gasteiger partial charge in [-0.15, -0.1) is 11.3 Å². The van der Waals surface area contributed by atoms with Gasteiger partial charge in [-0.2, -0.15) is 0 Å². The summed E-state index contributed by atoms with van der Waals surface area (Å²) in [4.78, 5) is 27.2. The number of amides is 1. The first-order valence-corrected chi connectivity index (χ1v) is 7.70. The molecule has 122 valence electrons. The summed E-state index contributed by atoms with van der Waals surface area (Å²) in [6.07, 6.45) is 3.03. The van der Waals surface area contributed by atoms with Crippen molar-refractivity contribution >= 4 is 28.9 Å². The third-order valence-electron chi connectivity index (χ3n) is 3.15. The van der Waals surface area contributed by atoms with Crippen molar-refractivity contribution in [2.45, 2.75) is 6.42 Å². The third-order valence-corrected chi connectivity index (χ3v) is 4.09. The molecular formula is C16H11FN2O4S. The first kappa shape index (κ1) is 15.9. The minimum absolute atomic E-state index is 0.0505. The Morgan fingerprint density at radius 2 is 2.17 bits per heavy atom. The maximum atomic E-state index is 13.7. The van der Waals surface area contributed by atoms with Crippen LogP contribution in [0.3, 0.4) is 0 Å². The number of benzene rings is 1. The van der Waals surface area contributed by atoms with Gasteiger partial charge in [0.25, 0.3) is 0 Å². The van der Waals surface area contributed by atoms with Gasteiger partial charge in [0, 0.05) is 10.9 Å². The van der Waals surface area contributed by atoms with Crippen molar-refractivity contribution in [1.29, 1.82) is 0 Å². The van der Waals surface area contributed by atoms with Gasteiger partial charge in [0.15, 0.2) is 0 Å². The summed E-state index contributed by atoms with van der Waals surface area (Å²) in [5.74, 6) is -2.39. The number of carbonyl (C=O) groups is 2. The zero-order chi connectivity index (χ0) is 17.1. The number of furan rings is 1. The fraction of sp³-hybridized carbons (Fsp3) is 0.0625. The maximum absolute atomic E-state index is 13.7. The second-order valence-corrected chi connectivity index (χ2v) is 5.74. The van der Waals surface area contributed by atoms with Gasteiger partial charge >= 0.3 is 5.97 Å². The molecule has 0 unspecified atom stereocenters. The molecule has 1 aromatic carbocycles. The van der Waals surface area contributed by atoms with Crippen LogP contribution in [-0.2, 0) is 11.2 Å². The number of nitrogens with one attached hydrogen (secondary N) is 1. The van der Waals surface area contributed by atoms with Crippen molar-refractivity contribution in [3.63, 3.8) is 0 Å². The topological polar surface area (TPSA) is 92.4 Å². The largest absolute Gasteiger partial charge is 0.478 e. The van der Waals surface area contributed by atoms with E-state index >= 15 is 0 Å². The SMILES string of the molecule is O=C(Cc1csc(-c2ccoc2)n1)Nc1cc(C(=O)O)ccc1F. The second-order valence-electron chi connectivity index (χ2n) is 4.88. The Bertz CT molecular complexity index is 889. The number of hydrogen-bond acceptors (Lipinski definition) is 5. The molecule has 2 N–H and O–H groups in total. The molecule has 0 saturated heterocycles. The van der Waals surface area contributed by atoms with E-state index in [4.69, 9.17) is 9.52 Å². The predicted molar refractivity (Wildman–Crippen MR) is 85.5 cm³/mol. The first-order valence-electron chi connectivity index (χ1n) is 6.82. The summed E-state index contributed by atoms with van der Waals surface area (Å²) >= 11 is 1.36. The minimum Gasteiger partial charge on any atom is -0.478 e. The monoisotopic (exact) mass is 346 g/mol. The van der Waals surface area contributed by atoms with E-state index in [2.05, 4.69) is 10.3 Å². The third kappa shape index (κ3) is 3.49. The molecule has 24 heavy (non-hydrogen) atoms. The van der Waals surface area contributed by atoms with E-state index < -0.39 is 17.7 Å². The van der Waals surface area contributed by atoms with Crippen LogP contribution < -0.4 is 5.32 Å². The molecule has 8 heteroatoms. The van der Waals surface area contributed by atoms with Gasteiger partial charge < -0.3 is 14.8 Å². The quantitative estimate of drug-likeness (QED) is 0.738. The van der Waals surface area contributed by atoms with Crippen molar-refractivity contribution in [2.24, 2.45) is 0 Å². The van der Waals surface area contributed by atoms with Crippen molar-refractivity contribution in [3.05, 3.63) is 59.2 Å². The van der Waals surface area contributed by atoms with E-state index in [1.165, 1.54) is 17.6 Å². The number of thiazole rings is 1. The lowest BCUT2D eigenvalue weighted by atomic mass is 10.2.